The molecular weight excluding hydrogens is 1280 g/mol. The summed E-state index contributed by atoms with van der Waals surface area (Å²) in [5, 5.41) is 0. The first kappa shape index (κ1) is 64.8. The van der Waals surface area contributed by atoms with Crippen LogP contribution >= 0.6 is 15.9 Å². The first-order valence-corrected chi connectivity index (χ1v) is 33.4. The van der Waals surface area contributed by atoms with E-state index in [9.17, 15) is 4.21 Å². The lowest BCUT2D eigenvalue weighted by atomic mass is 10.0. The van der Waals surface area contributed by atoms with Crippen molar-refractivity contribution in [2.75, 3.05) is 12.4 Å². The molecule has 95 heavy (non-hydrogen) atoms. The quantitative estimate of drug-likeness (QED) is 0.0382. The second-order valence-corrected chi connectivity index (χ2v) is 24.7. The normalized spacial score (nSPS) is 13.9. The van der Waals surface area contributed by atoms with Crippen molar-refractivity contribution in [3.05, 3.63) is 339 Å². The van der Waals surface area contributed by atoms with E-state index < -0.39 is 34.4 Å². The number of hydrogen-bond donors (Lipinski definition) is 0. The number of benzene rings is 11. The highest BCUT2D eigenvalue weighted by atomic mass is 79.9. The molecule has 0 spiro atoms. The zero-order chi connectivity index (χ0) is 64.8. The van der Waals surface area contributed by atoms with E-state index >= 15 is 4.79 Å². The number of carbonyl (C=O) groups excluding carboxylic acids is 1. The van der Waals surface area contributed by atoms with Crippen molar-refractivity contribution in [3.8, 4) is 51.7 Å². The number of ether oxygens (including phenoxy) is 11. The molecule has 13 nitrogen and oxygen atoms in total. The molecule has 0 saturated carbocycles. The largest absolute Gasteiger partial charge is 0.489 e. The monoisotopic (exact) mass is 1350 g/mol. The maximum Gasteiger partial charge on any atom is 0.338 e. The molecule has 1 aliphatic heterocycles. The Morgan fingerprint density at radius 3 is 1.03 bits per heavy atom. The van der Waals surface area contributed by atoms with Crippen molar-refractivity contribution in [3.63, 3.8) is 0 Å². The van der Waals surface area contributed by atoms with Crippen LogP contribution in [-0.2, 0) is 73.1 Å². The van der Waals surface area contributed by atoms with Crippen LogP contribution in [0.5, 0.6) is 51.7 Å². The summed E-state index contributed by atoms with van der Waals surface area (Å²) in [6.07, 6.45) is -2.90. The van der Waals surface area contributed by atoms with E-state index in [0.29, 0.717) is 27.3 Å². The van der Waals surface area contributed by atoms with Crippen LogP contribution in [0.25, 0.3) is 0 Å². The van der Waals surface area contributed by atoms with Gasteiger partial charge in [0.2, 0.25) is 11.5 Å². The summed E-state index contributed by atoms with van der Waals surface area (Å²) in [5.41, 5.74) is 6.25. The van der Waals surface area contributed by atoms with Crippen LogP contribution in [0, 0.1) is 0 Å². The summed E-state index contributed by atoms with van der Waals surface area (Å²) in [5.74, 6) is 1.80. The molecule has 15 heteroatoms. The first-order valence-electron chi connectivity index (χ1n) is 31.2. The second kappa shape index (κ2) is 33.0. The van der Waals surface area contributed by atoms with Gasteiger partial charge in [-0.3, -0.25) is 4.21 Å². The lowest BCUT2D eigenvalue weighted by molar-refractivity contribution is -0.0562. The van der Waals surface area contributed by atoms with Crippen LogP contribution in [0.2, 0.25) is 0 Å². The zero-order valence-electron chi connectivity index (χ0n) is 52.0. The van der Waals surface area contributed by atoms with Gasteiger partial charge in [-0.15, -0.1) is 0 Å². The molecule has 0 aromatic heterocycles. The van der Waals surface area contributed by atoms with Gasteiger partial charge < -0.3 is 52.1 Å². The molecule has 11 aromatic rings. The van der Waals surface area contributed by atoms with Gasteiger partial charge in [-0.05, 0) is 84.7 Å². The zero-order valence-corrected chi connectivity index (χ0v) is 54.4. The molecule has 1 aliphatic rings. The molecule has 480 valence electrons. The first-order chi connectivity index (χ1) is 46.8. The Labute approximate surface area is 564 Å². The Bertz CT molecular complexity index is 4110. The van der Waals surface area contributed by atoms with E-state index in [-0.39, 0.29) is 105 Å². The van der Waals surface area contributed by atoms with Gasteiger partial charge in [0.05, 0.1) is 23.0 Å². The maximum absolute atomic E-state index is 15.9. The fraction of sp³-hybridized carbons (Fsp3) is 0.163. The number of hydrogen-bond acceptors (Lipinski definition) is 13. The van der Waals surface area contributed by atoms with Gasteiger partial charge in [0.15, 0.2) is 40.6 Å². The third-order valence-electron chi connectivity index (χ3n) is 15.4. The van der Waals surface area contributed by atoms with E-state index in [4.69, 9.17) is 52.1 Å². The minimum atomic E-state index is -1.75. The second-order valence-electron chi connectivity index (χ2n) is 22.3. The standard InChI is InChI=1S/C80H69BrO13S/c81-74-68(86-50-58-27-11-2-12-28-58)47-67(85-49-57-25-9-1-10-26-57)48-69(74)93-75(65-43-70(87-51-59-29-13-3-14-30-59)76(91-55-63-37-21-7-22-38-63)71(44-65)88-52-60-31-15-4-16-32-60)78(80-84-41-42-95(80)83)94-79(82)66-45-72(89-53-61-33-17-5-18-34-61)77(92-56-64-39-23-8-24-40-64)73(46-66)90-54-62-35-19-6-20-36-62/h1-40,43-48,75,78,80H,41-42,49-56H2/t75-,78+,80?,95?/m1/s1. The highest BCUT2D eigenvalue weighted by Gasteiger charge is 2.44. The highest BCUT2D eigenvalue weighted by Crippen LogP contribution is 2.48. The molecule has 0 bridgehead atoms. The third-order valence-corrected chi connectivity index (χ3v) is 17.7. The molecule has 0 aliphatic carbocycles. The van der Waals surface area contributed by atoms with Crippen molar-refractivity contribution in [1.29, 1.82) is 0 Å². The lowest BCUT2D eigenvalue weighted by Crippen LogP contribution is -2.41. The molecule has 2 unspecified atom stereocenters. The fourth-order valence-corrected chi connectivity index (χ4v) is 12.1. The third kappa shape index (κ3) is 18.1. The summed E-state index contributed by atoms with van der Waals surface area (Å²) in [6, 6.07) is 88.2. The molecule has 4 atom stereocenters. The Morgan fingerprint density at radius 1 is 0.389 bits per heavy atom. The van der Waals surface area contributed by atoms with E-state index in [1.165, 1.54) is 0 Å². The van der Waals surface area contributed by atoms with Gasteiger partial charge in [-0.2, -0.15) is 0 Å². The van der Waals surface area contributed by atoms with Crippen LogP contribution in [-0.4, -0.2) is 34.1 Å². The molecule has 0 N–H and O–H groups in total. The van der Waals surface area contributed by atoms with Crippen LogP contribution < -0.4 is 42.6 Å². The van der Waals surface area contributed by atoms with Gasteiger partial charge in [-0.1, -0.05) is 243 Å². The van der Waals surface area contributed by atoms with E-state index in [1.54, 1.807) is 36.4 Å². The van der Waals surface area contributed by atoms with Gasteiger partial charge in [0.25, 0.3) is 0 Å². The topological polar surface area (TPSA) is 136 Å². The average molecular weight is 1350 g/mol. The molecular formula is C80H69BrO13S. The predicted molar refractivity (Wildman–Crippen MR) is 369 cm³/mol. The Hall–Kier alpha value is -10.3. The molecule has 0 radical (unpaired) electrons. The van der Waals surface area contributed by atoms with Crippen LogP contribution in [0.1, 0.15) is 66.5 Å². The average Bonchev–Trinajstić information content (AvgIpc) is 1.57. The van der Waals surface area contributed by atoms with E-state index in [1.807, 2.05) is 243 Å². The van der Waals surface area contributed by atoms with Crippen molar-refractivity contribution >= 4 is 32.7 Å². The van der Waals surface area contributed by atoms with Crippen molar-refractivity contribution < 1.29 is 61.1 Å². The SMILES string of the molecule is O=C(O[C@H](C1OCCS1=O)[C@H](Oc1cc(OCc2ccccc2)cc(OCc2ccccc2)c1Br)c1cc(OCc2ccccc2)c(OCc2ccccc2)c(OCc2ccccc2)c1)c1cc(OCc2ccccc2)c(OCc2ccccc2)c(OCc2ccccc2)c1. The Balaban J connectivity index is 1.02. The van der Waals surface area contributed by atoms with Crippen molar-refractivity contribution in [2.45, 2.75) is 70.5 Å². The van der Waals surface area contributed by atoms with Gasteiger partial charge in [-0.25, -0.2) is 4.79 Å². The highest BCUT2D eigenvalue weighted by molar-refractivity contribution is 9.10. The van der Waals surface area contributed by atoms with Gasteiger partial charge in [0, 0.05) is 23.4 Å². The molecule has 1 saturated heterocycles. The van der Waals surface area contributed by atoms with Crippen molar-refractivity contribution in [1.82, 2.24) is 0 Å². The predicted octanol–water partition coefficient (Wildman–Crippen LogP) is 17.5. The van der Waals surface area contributed by atoms with Crippen molar-refractivity contribution in [2.24, 2.45) is 0 Å². The lowest BCUT2D eigenvalue weighted by Gasteiger charge is -2.32. The van der Waals surface area contributed by atoms with Gasteiger partial charge >= 0.3 is 5.97 Å². The van der Waals surface area contributed by atoms with E-state index in [2.05, 4.69) is 15.9 Å². The Kier molecular flexibility index (Phi) is 22.5. The molecule has 1 fully saturated rings. The van der Waals surface area contributed by atoms with Crippen LogP contribution in [0.3, 0.4) is 0 Å². The minimum absolute atomic E-state index is 0.0215. The van der Waals surface area contributed by atoms with Gasteiger partial charge in [0.1, 0.15) is 74.6 Å². The molecule has 1 heterocycles. The fourth-order valence-electron chi connectivity index (χ4n) is 10.5. The molecule has 0 amide bonds. The maximum atomic E-state index is 15.9. The minimum Gasteiger partial charge on any atom is -0.489 e. The number of esters is 1. The summed E-state index contributed by atoms with van der Waals surface area (Å²) in [4.78, 5) is 15.9. The van der Waals surface area contributed by atoms with Crippen LogP contribution in [0.4, 0.5) is 0 Å². The van der Waals surface area contributed by atoms with Crippen LogP contribution in [0.15, 0.2) is 284 Å². The number of rotatable bonds is 31. The van der Waals surface area contributed by atoms with E-state index in [0.717, 1.165) is 44.5 Å². The number of carbonyl (C=O) groups is 1. The summed E-state index contributed by atoms with van der Waals surface area (Å²) in [6.45, 7) is 1.25. The Morgan fingerprint density at radius 2 is 0.695 bits per heavy atom. The number of halogens is 1. The smallest absolute Gasteiger partial charge is 0.338 e. The summed E-state index contributed by atoms with van der Waals surface area (Å²) >= 11 is 3.90. The molecule has 12 rings (SSSR count). The summed E-state index contributed by atoms with van der Waals surface area (Å²) < 4.78 is 89.8. The molecule has 11 aromatic carbocycles. The summed E-state index contributed by atoms with van der Waals surface area (Å²) in [7, 11) is -1.75.